The first-order valence-corrected chi connectivity index (χ1v) is 7.18. The molecule has 118 valence electrons. The van der Waals surface area contributed by atoms with E-state index in [2.05, 4.69) is 15.1 Å². The number of hydrogen-bond donors (Lipinski definition) is 1. The van der Waals surface area contributed by atoms with Crippen molar-refractivity contribution in [2.75, 3.05) is 45.9 Å². The average Bonchev–Trinajstić information content (AvgIpc) is 3.10. The number of carbonyl (C=O) groups excluding carboxylic acids is 1. The van der Waals surface area contributed by atoms with Crippen LogP contribution >= 0.6 is 24.8 Å². The smallest absolute Gasteiger partial charge is 0.239 e. The van der Waals surface area contributed by atoms with Crippen molar-refractivity contribution in [3.05, 3.63) is 0 Å². The third kappa shape index (κ3) is 3.98. The molecule has 3 rings (SSSR count). The van der Waals surface area contributed by atoms with Gasteiger partial charge in [0.15, 0.2) is 0 Å². The number of amides is 1. The Hall–Kier alpha value is -0.0700. The van der Waals surface area contributed by atoms with Gasteiger partial charge in [-0.05, 0) is 25.8 Å². The van der Waals surface area contributed by atoms with E-state index in [0.29, 0.717) is 11.9 Å². The minimum absolute atomic E-state index is 0. The summed E-state index contributed by atoms with van der Waals surface area (Å²) in [5.74, 6) is 0.322. The summed E-state index contributed by atoms with van der Waals surface area (Å²) in [7, 11) is 0. The van der Waals surface area contributed by atoms with E-state index in [-0.39, 0.29) is 30.9 Å². The van der Waals surface area contributed by atoms with Gasteiger partial charge in [-0.15, -0.1) is 24.8 Å². The highest BCUT2D eigenvalue weighted by Gasteiger charge is 2.34. The highest BCUT2D eigenvalue weighted by Crippen LogP contribution is 2.19. The second-order valence-corrected chi connectivity index (χ2v) is 5.52. The van der Waals surface area contributed by atoms with Crippen molar-refractivity contribution in [2.24, 2.45) is 0 Å². The zero-order valence-electron chi connectivity index (χ0n) is 11.8. The molecule has 0 spiro atoms. The van der Waals surface area contributed by atoms with Gasteiger partial charge >= 0.3 is 0 Å². The van der Waals surface area contributed by atoms with Crippen LogP contribution in [0.5, 0.6) is 0 Å². The third-order valence-corrected chi connectivity index (χ3v) is 4.40. The molecule has 0 bridgehead atoms. The van der Waals surface area contributed by atoms with Gasteiger partial charge in [-0.3, -0.25) is 9.69 Å². The summed E-state index contributed by atoms with van der Waals surface area (Å²) in [6.45, 7) is 6.57. The van der Waals surface area contributed by atoms with Crippen LogP contribution in [0.4, 0.5) is 0 Å². The minimum atomic E-state index is 0. The molecule has 0 aromatic heterocycles. The molecule has 3 heterocycles. The lowest BCUT2D eigenvalue weighted by atomic mass is 10.2. The molecule has 3 fully saturated rings. The molecule has 1 unspecified atom stereocenters. The van der Waals surface area contributed by atoms with E-state index in [1.807, 2.05) is 0 Å². The van der Waals surface area contributed by atoms with Gasteiger partial charge in [0.2, 0.25) is 5.91 Å². The summed E-state index contributed by atoms with van der Waals surface area (Å²) in [6.07, 6.45) is 3.27. The Bertz CT molecular complexity index is 308. The Labute approximate surface area is 133 Å². The molecule has 1 N–H and O–H groups in total. The third-order valence-electron chi connectivity index (χ3n) is 4.40. The molecule has 3 aliphatic heterocycles. The summed E-state index contributed by atoms with van der Waals surface area (Å²) in [6, 6.07) is 0.646. The molecule has 0 radical (unpaired) electrons. The number of rotatable bonds is 2. The van der Waals surface area contributed by atoms with Crippen LogP contribution in [0, 0.1) is 0 Å². The van der Waals surface area contributed by atoms with Crippen molar-refractivity contribution >= 4 is 30.7 Å². The Morgan fingerprint density at radius 1 is 1.10 bits per heavy atom. The standard InChI is InChI=1S/C13H23N3O2.2ClH/c17-13(12-2-1-4-14-12)16-5-3-11(10-16)15-6-8-18-9-7-15;;/h11-12,14H,1-10H2;2*1H/t11?,12-;;/m0../s1. The first kappa shape index (κ1) is 18.0. The minimum Gasteiger partial charge on any atom is -0.379 e. The van der Waals surface area contributed by atoms with Crippen LogP contribution in [0.25, 0.3) is 0 Å². The summed E-state index contributed by atoms with van der Waals surface area (Å²) in [5.41, 5.74) is 0. The van der Waals surface area contributed by atoms with E-state index >= 15 is 0 Å². The Kier molecular flexibility index (Phi) is 7.54. The lowest BCUT2D eigenvalue weighted by Crippen LogP contribution is -2.47. The topological polar surface area (TPSA) is 44.8 Å². The molecule has 2 atom stereocenters. The SMILES string of the molecule is Cl.Cl.O=C([C@@H]1CCCN1)N1CCC(N2CCOCC2)C1. The Balaban J connectivity index is 0.000001000. The number of morpholine rings is 1. The number of likely N-dealkylation sites (tertiary alicyclic amines) is 1. The lowest BCUT2D eigenvalue weighted by Gasteiger charge is -2.32. The maximum absolute atomic E-state index is 12.3. The van der Waals surface area contributed by atoms with Gasteiger partial charge in [-0.1, -0.05) is 0 Å². The Morgan fingerprint density at radius 3 is 2.50 bits per heavy atom. The molecule has 20 heavy (non-hydrogen) atoms. The maximum Gasteiger partial charge on any atom is 0.239 e. The van der Waals surface area contributed by atoms with Gasteiger partial charge in [0.05, 0.1) is 19.3 Å². The van der Waals surface area contributed by atoms with Crippen molar-refractivity contribution in [2.45, 2.75) is 31.3 Å². The average molecular weight is 326 g/mol. The molecule has 3 saturated heterocycles. The first-order chi connectivity index (χ1) is 8.84. The number of nitrogens with one attached hydrogen (secondary N) is 1. The van der Waals surface area contributed by atoms with E-state index in [1.54, 1.807) is 0 Å². The molecule has 0 aromatic rings. The van der Waals surface area contributed by atoms with Crippen LogP contribution in [0.1, 0.15) is 19.3 Å². The quantitative estimate of drug-likeness (QED) is 0.803. The van der Waals surface area contributed by atoms with Crippen molar-refractivity contribution < 1.29 is 9.53 Å². The van der Waals surface area contributed by atoms with Crippen LogP contribution in [0.2, 0.25) is 0 Å². The van der Waals surface area contributed by atoms with E-state index in [9.17, 15) is 4.79 Å². The van der Waals surface area contributed by atoms with Crippen molar-refractivity contribution in [1.82, 2.24) is 15.1 Å². The summed E-state index contributed by atoms with van der Waals surface area (Å²) < 4.78 is 5.38. The molecular weight excluding hydrogens is 301 g/mol. The highest BCUT2D eigenvalue weighted by molar-refractivity contribution is 5.85. The largest absolute Gasteiger partial charge is 0.379 e. The number of halogens is 2. The number of ether oxygens (including phenoxy) is 1. The zero-order valence-corrected chi connectivity index (χ0v) is 13.4. The fourth-order valence-electron chi connectivity index (χ4n) is 3.30. The molecule has 0 aliphatic carbocycles. The van der Waals surface area contributed by atoms with Gasteiger partial charge in [-0.2, -0.15) is 0 Å². The normalized spacial score (nSPS) is 30.7. The number of carbonyl (C=O) groups is 1. The molecular formula is C13H25Cl2N3O2. The maximum atomic E-state index is 12.3. The second-order valence-electron chi connectivity index (χ2n) is 5.52. The van der Waals surface area contributed by atoms with Crippen LogP contribution < -0.4 is 5.32 Å². The van der Waals surface area contributed by atoms with E-state index < -0.39 is 0 Å². The zero-order chi connectivity index (χ0) is 12.4. The fraction of sp³-hybridized carbons (Fsp3) is 0.923. The van der Waals surface area contributed by atoms with Crippen molar-refractivity contribution in [3.63, 3.8) is 0 Å². The van der Waals surface area contributed by atoms with Crippen molar-refractivity contribution in [3.8, 4) is 0 Å². The molecule has 0 saturated carbocycles. The van der Waals surface area contributed by atoms with Gasteiger partial charge in [0.1, 0.15) is 0 Å². The van der Waals surface area contributed by atoms with Crippen molar-refractivity contribution in [1.29, 1.82) is 0 Å². The fourth-order valence-corrected chi connectivity index (χ4v) is 3.30. The highest BCUT2D eigenvalue weighted by atomic mass is 35.5. The van der Waals surface area contributed by atoms with Gasteiger partial charge in [-0.25, -0.2) is 0 Å². The monoisotopic (exact) mass is 325 g/mol. The lowest BCUT2D eigenvalue weighted by molar-refractivity contribution is -0.132. The first-order valence-electron chi connectivity index (χ1n) is 7.18. The second kappa shape index (κ2) is 8.39. The molecule has 7 heteroatoms. The number of hydrogen-bond acceptors (Lipinski definition) is 4. The number of nitrogens with zero attached hydrogens (tertiary/aromatic N) is 2. The van der Waals surface area contributed by atoms with Gasteiger partial charge < -0.3 is 15.0 Å². The van der Waals surface area contributed by atoms with E-state index in [1.165, 1.54) is 0 Å². The molecule has 3 aliphatic rings. The Morgan fingerprint density at radius 2 is 1.85 bits per heavy atom. The van der Waals surface area contributed by atoms with E-state index in [0.717, 1.165) is 65.2 Å². The van der Waals surface area contributed by atoms with Crippen LogP contribution in [0.15, 0.2) is 0 Å². The molecule has 5 nitrogen and oxygen atoms in total. The summed E-state index contributed by atoms with van der Waals surface area (Å²) >= 11 is 0. The summed E-state index contributed by atoms with van der Waals surface area (Å²) in [5, 5.41) is 3.30. The van der Waals surface area contributed by atoms with Gasteiger partial charge in [0.25, 0.3) is 0 Å². The molecule has 0 aromatic carbocycles. The van der Waals surface area contributed by atoms with Crippen LogP contribution in [-0.2, 0) is 9.53 Å². The summed E-state index contributed by atoms with van der Waals surface area (Å²) in [4.78, 5) is 16.8. The van der Waals surface area contributed by atoms with Crippen LogP contribution in [-0.4, -0.2) is 73.7 Å². The predicted molar refractivity (Wildman–Crippen MR) is 82.9 cm³/mol. The molecule has 1 amide bonds. The van der Waals surface area contributed by atoms with Crippen LogP contribution in [0.3, 0.4) is 0 Å². The van der Waals surface area contributed by atoms with E-state index in [4.69, 9.17) is 4.74 Å². The predicted octanol–water partition coefficient (Wildman–Crippen LogP) is 0.515. The van der Waals surface area contributed by atoms with Gasteiger partial charge in [0, 0.05) is 32.2 Å².